The number of benzene rings is 1. The third kappa shape index (κ3) is 4.66. The van der Waals surface area contributed by atoms with Crippen LogP contribution >= 0.6 is 11.8 Å². The van der Waals surface area contributed by atoms with Crippen LogP contribution in [0, 0.1) is 5.92 Å². The lowest BCUT2D eigenvalue weighted by Gasteiger charge is -2.26. The predicted molar refractivity (Wildman–Crippen MR) is 112 cm³/mol. The highest BCUT2D eigenvalue weighted by Crippen LogP contribution is 2.33. The summed E-state index contributed by atoms with van der Waals surface area (Å²) in [6, 6.07) is 6.44. The molecular weight excluding hydrogens is 358 g/mol. The van der Waals surface area contributed by atoms with Crippen LogP contribution in [-0.2, 0) is 5.75 Å². The normalized spacial score (nSPS) is 23.7. The highest BCUT2D eigenvalue weighted by atomic mass is 32.2. The minimum absolute atomic E-state index is 0.0491. The summed E-state index contributed by atoms with van der Waals surface area (Å²) in [6.45, 7) is 0.314. The molecule has 2 fully saturated rings. The molecule has 3 N–H and O–H groups in total. The second kappa shape index (κ2) is 8.65. The Balaban J connectivity index is 1.44. The molecule has 0 unspecified atom stereocenters. The van der Waals surface area contributed by atoms with Crippen LogP contribution in [0.3, 0.4) is 0 Å². The van der Waals surface area contributed by atoms with Gasteiger partial charge in [-0.2, -0.15) is 11.8 Å². The molecule has 0 atom stereocenters. The molecule has 0 spiro atoms. The number of H-pyrrole nitrogens is 1. The Bertz CT molecular complexity index is 824. The van der Waals surface area contributed by atoms with Crippen LogP contribution in [0.4, 0.5) is 5.69 Å². The van der Waals surface area contributed by atoms with Crippen molar-refractivity contribution in [1.29, 1.82) is 0 Å². The summed E-state index contributed by atoms with van der Waals surface area (Å²) in [5, 5.41) is 14.1. The van der Waals surface area contributed by atoms with Crippen LogP contribution in [0.25, 0.3) is 10.9 Å². The van der Waals surface area contributed by atoms with Crippen LogP contribution in [0.1, 0.15) is 57.2 Å². The standard InChI is InChI=1S/C21H29N3O2S/c25-12-14-5-8-17(9-6-14)27-13-20-23-19-11-16(22-15-3-1-2-4-15)7-10-18(19)21(26)24-20/h7,10-11,14-15,17,22,25H,1-6,8-9,12-13H2,(H,23,24,26)/t14-,17-. The van der Waals surface area contributed by atoms with E-state index in [2.05, 4.69) is 10.3 Å². The van der Waals surface area contributed by atoms with Crippen molar-refractivity contribution in [2.24, 2.45) is 5.92 Å². The Morgan fingerprint density at radius 3 is 2.67 bits per heavy atom. The van der Waals surface area contributed by atoms with E-state index in [1.807, 2.05) is 30.0 Å². The van der Waals surface area contributed by atoms with Crippen molar-refractivity contribution in [3.05, 3.63) is 34.4 Å². The largest absolute Gasteiger partial charge is 0.396 e. The summed E-state index contributed by atoms with van der Waals surface area (Å²) in [5.74, 6) is 1.98. The van der Waals surface area contributed by atoms with Gasteiger partial charge >= 0.3 is 0 Å². The van der Waals surface area contributed by atoms with E-state index in [4.69, 9.17) is 4.98 Å². The van der Waals surface area contributed by atoms with Gasteiger partial charge in [-0.15, -0.1) is 0 Å². The van der Waals surface area contributed by atoms with E-state index >= 15 is 0 Å². The van der Waals surface area contributed by atoms with Gasteiger partial charge in [0, 0.05) is 23.6 Å². The first-order valence-electron chi connectivity index (χ1n) is 10.2. The summed E-state index contributed by atoms with van der Waals surface area (Å²) < 4.78 is 0. The lowest BCUT2D eigenvalue weighted by atomic mass is 9.90. The molecule has 5 nitrogen and oxygen atoms in total. The molecule has 1 heterocycles. The van der Waals surface area contributed by atoms with Crippen LogP contribution < -0.4 is 10.9 Å². The maximum absolute atomic E-state index is 12.4. The number of fused-ring (bicyclic) bond motifs is 1. The molecular formula is C21H29N3O2S. The molecule has 0 bridgehead atoms. The fourth-order valence-electron chi connectivity index (χ4n) is 4.33. The van der Waals surface area contributed by atoms with Crippen LogP contribution in [0.5, 0.6) is 0 Å². The van der Waals surface area contributed by atoms with Crippen molar-refractivity contribution in [2.75, 3.05) is 11.9 Å². The topological polar surface area (TPSA) is 78.0 Å². The van der Waals surface area contributed by atoms with Crippen molar-refractivity contribution in [3.63, 3.8) is 0 Å². The smallest absolute Gasteiger partial charge is 0.258 e. The average molecular weight is 388 g/mol. The van der Waals surface area contributed by atoms with E-state index < -0.39 is 0 Å². The summed E-state index contributed by atoms with van der Waals surface area (Å²) in [6.07, 6.45) is 9.53. The number of hydrogen-bond acceptors (Lipinski definition) is 5. The maximum atomic E-state index is 12.4. The molecule has 4 rings (SSSR count). The van der Waals surface area contributed by atoms with E-state index in [0.717, 1.165) is 48.5 Å². The number of thioether (sulfide) groups is 1. The minimum atomic E-state index is -0.0491. The van der Waals surface area contributed by atoms with E-state index in [1.165, 1.54) is 25.7 Å². The van der Waals surface area contributed by atoms with E-state index in [9.17, 15) is 9.90 Å². The van der Waals surface area contributed by atoms with Gasteiger partial charge in [-0.25, -0.2) is 4.98 Å². The van der Waals surface area contributed by atoms with Crippen molar-refractivity contribution < 1.29 is 5.11 Å². The molecule has 0 amide bonds. The number of hydrogen-bond donors (Lipinski definition) is 3. The first kappa shape index (κ1) is 18.8. The van der Waals surface area contributed by atoms with Crippen molar-refractivity contribution >= 4 is 28.4 Å². The van der Waals surface area contributed by atoms with Gasteiger partial charge < -0.3 is 15.4 Å². The number of aromatic amines is 1. The zero-order valence-corrected chi connectivity index (χ0v) is 16.6. The number of aliphatic hydroxyl groups is 1. The zero-order chi connectivity index (χ0) is 18.6. The lowest BCUT2D eigenvalue weighted by Crippen LogP contribution is -2.19. The molecule has 2 aliphatic carbocycles. The maximum Gasteiger partial charge on any atom is 0.258 e. The summed E-state index contributed by atoms with van der Waals surface area (Å²) in [7, 11) is 0. The molecule has 27 heavy (non-hydrogen) atoms. The fraction of sp³-hybridized carbons (Fsp3) is 0.619. The second-order valence-electron chi connectivity index (χ2n) is 8.01. The number of aliphatic hydroxyl groups excluding tert-OH is 1. The van der Waals surface area contributed by atoms with Crippen LogP contribution in [0.15, 0.2) is 23.0 Å². The average Bonchev–Trinajstić information content (AvgIpc) is 3.19. The van der Waals surface area contributed by atoms with Crippen LogP contribution in [0.2, 0.25) is 0 Å². The molecule has 1 aromatic heterocycles. The molecule has 2 saturated carbocycles. The lowest BCUT2D eigenvalue weighted by molar-refractivity contribution is 0.192. The second-order valence-corrected chi connectivity index (χ2v) is 9.30. The Labute approximate surface area is 164 Å². The quantitative estimate of drug-likeness (QED) is 0.697. The molecule has 146 valence electrons. The number of anilines is 1. The highest BCUT2D eigenvalue weighted by molar-refractivity contribution is 7.99. The number of rotatable bonds is 6. The number of nitrogens with one attached hydrogen (secondary N) is 2. The van der Waals surface area contributed by atoms with Gasteiger partial charge in [0.1, 0.15) is 5.82 Å². The Morgan fingerprint density at radius 1 is 1.15 bits per heavy atom. The van der Waals surface area contributed by atoms with Crippen molar-refractivity contribution in [3.8, 4) is 0 Å². The van der Waals surface area contributed by atoms with E-state index in [1.54, 1.807) is 0 Å². The van der Waals surface area contributed by atoms with Crippen LogP contribution in [-0.4, -0.2) is 33.0 Å². The monoisotopic (exact) mass is 387 g/mol. The van der Waals surface area contributed by atoms with Gasteiger partial charge in [-0.3, -0.25) is 4.79 Å². The molecule has 0 saturated heterocycles. The van der Waals surface area contributed by atoms with Crippen molar-refractivity contribution in [1.82, 2.24) is 9.97 Å². The van der Waals surface area contributed by atoms with Crippen molar-refractivity contribution in [2.45, 2.75) is 68.4 Å². The Hall–Kier alpha value is -1.53. The molecule has 6 heteroatoms. The zero-order valence-electron chi connectivity index (χ0n) is 15.7. The van der Waals surface area contributed by atoms with Gasteiger partial charge in [0.2, 0.25) is 0 Å². The van der Waals surface area contributed by atoms with E-state index in [0.29, 0.717) is 29.2 Å². The fourth-order valence-corrected chi connectivity index (χ4v) is 5.47. The Kier molecular flexibility index (Phi) is 6.03. The molecule has 2 aromatic rings. The van der Waals surface area contributed by atoms with Gasteiger partial charge in [0.15, 0.2) is 0 Å². The third-order valence-electron chi connectivity index (χ3n) is 5.99. The van der Waals surface area contributed by atoms with Gasteiger partial charge in [0.05, 0.1) is 16.7 Å². The summed E-state index contributed by atoms with van der Waals surface area (Å²) in [5.41, 5.74) is 1.79. The highest BCUT2D eigenvalue weighted by Gasteiger charge is 2.21. The van der Waals surface area contributed by atoms with Gasteiger partial charge in [-0.05, 0) is 62.6 Å². The first-order valence-corrected chi connectivity index (χ1v) is 11.3. The van der Waals surface area contributed by atoms with E-state index in [-0.39, 0.29) is 5.56 Å². The number of aromatic nitrogens is 2. The van der Waals surface area contributed by atoms with Gasteiger partial charge in [-0.1, -0.05) is 12.8 Å². The molecule has 0 radical (unpaired) electrons. The predicted octanol–water partition coefficient (Wildman–Crippen LogP) is 4.06. The SMILES string of the molecule is O=c1[nH]c(CS[C@H]2CC[C@H](CO)CC2)nc2cc(NC3CCCC3)ccc12. The molecule has 0 aliphatic heterocycles. The third-order valence-corrected chi connectivity index (χ3v) is 7.37. The van der Waals surface area contributed by atoms with Gasteiger partial charge in [0.25, 0.3) is 5.56 Å². The molecule has 1 aromatic carbocycles. The molecule has 2 aliphatic rings. The first-order chi connectivity index (χ1) is 13.2. The minimum Gasteiger partial charge on any atom is -0.396 e. The summed E-state index contributed by atoms with van der Waals surface area (Å²) >= 11 is 1.88. The number of nitrogens with zero attached hydrogens (tertiary/aromatic N) is 1. The Morgan fingerprint density at radius 2 is 1.93 bits per heavy atom. The summed E-state index contributed by atoms with van der Waals surface area (Å²) in [4.78, 5) is 20.1.